The summed E-state index contributed by atoms with van der Waals surface area (Å²) in [6.07, 6.45) is 0. The van der Waals surface area contributed by atoms with E-state index >= 15 is 0 Å². The number of carbonyl (C=O) groups is 1. The zero-order valence-corrected chi connectivity index (χ0v) is 9.42. The van der Waals surface area contributed by atoms with Crippen molar-refractivity contribution in [1.29, 1.82) is 0 Å². The largest absolute Gasteiger partial charge is 0.440 e. The highest BCUT2D eigenvalue weighted by molar-refractivity contribution is 6.29. The van der Waals surface area contributed by atoms with Crippen LogP contribution in [0.1, 0.15) is 10.6 Å². The molecule has 2 N–H and O–H groups in total. The van der Waals surface area contributed by atoms with Gasteiger partial charge >= 0.3 is 0 Å². The van der Waals surface area contributed by atoms with Gasteiger partial charge in [-0.3, -0.25) is 4.79 Å². The van der Waals surface area contributed by atoms with E-state index in [1.54, 1.807) is 12.1 Å². The van der Waals surface area contributed by atoms with Gasteiger partial charge in [-0.1, -0.05) is 0 Å². The second kappa shape index (κ2) is 5.34. The number of hydrogen-bond donors (Lipinski definition) is 2. The Morgan fingerprint density at radius 3 is 3.12 bits per heavy atom. The zero-order valence-electron chi connectivity index (χ0n) is 8.66. The molecule has 1 aromatic heterocycles. The fraction of sp³-hybridized carbons (Fsp3) is 0.500. The molecular formula is C10H13ClN2O3. The zero-order chi connectivity index (χ0) is 11.4. The fourth-order valence-corrected chi connectivity index (χ4v) is 1.64. The molecule has 6 heteroatoms. The molecule has 1 aliphatic rings. The number of hydrogen-bond acceptors (Lipinski definition) is 4. The van der Waals surface area contributed by atoms with Crippen molar-refractivity contribution in [3.05, 3.63) is 23.1 Å². The molecule has 16 heavy (non-hydrogen) atoms. The Bertz CT molecular complexity index is 361. The molecule has 0 aromatic carbocycles. The third-order valence-corrected chi connectivity index (χ3v) is 2.51. The summed E-state index contributed by atoms with van der Waals surface area (Å²) in [6, 6.07) is 3.24. The van der Waals surface area contributed by atoms with Crippen LogP contribution < -0.4 is 10.6 Å². The second-order valence-corrected chi connectivity index (χ2v) is 3.91. The van der Waals surface area contributed by atoms with Gasteiger partial charge in [0.1, 0.15) is 0 Å². The molecule has 1 amide bonds. The maximum Gasteiger partial charge on any atom is 0.287 e. The average Bonchev–Trinajstić information content (AvgIpc) is 2.74. The summed E-state index contributed by atoms with van der Waals surface area (Å²) in [5, 5.41) is 6.20. The predicted octanol–water partition coefficient (Wildman–Crippen LogP) is 0.651. The minimum atomic E-state index is -0.265. The van der Waals surface area contributed by atoms with Crippen molar-refractivity contribution in [2.75, 3.05) is 26.3 Å². The van der Waals surface area contributed by atoms with Crippen LogP contribution in [0.5, 0.6) is 0 Å². The van der Waals surface area contributed by atoms with E-state index in [4.69, 9.17) is 20.8 Å². The van der Waals surface area contributed by atoms with Crippen molar-refractivity contribution >= 4 is 17.5 Å². The van der Waals surface area contributed by atoms with Gasteiger partial charge in [0.05, 0.1) is 13.2 Å². The van der Waals surface area contributed by atoms with Crippen molar-refractivity contribution in [2.45, 2.75) is 6.04 Å². The fourth-order valence-electron chi connectivity index (χ4n) is 1.49. The normalized spacial score (nSPS) is 20.7. The monoisotopic (exact) mass is 244 g/mol. The maximum absolute atomic E-state index is 11.6. The Labute approximate surface area is 98.1 Å². The first-order chi connectivity index (χ1) is 7.75. The van der Waals surface area contributed by atoms with Gasteiger partial charge in [0.2, 0.25) is 0 Å². The highest BCUT2D eigenvalue weighted by Crippen LogP contribution is 2.12. The molecule has 1 aromatic rings. The summed E-state index contributed by atoms with van der Waals surface area (Å²) >= 11 is 5.57. The first-order valence-electron chi connectivity index (χ1n) is 5.10. The molecule has 0 bridgehead atoms. The van der Waals surface area contributed by atoms with Gasteiger partial charge in [0, 0.05) is 19.1 Å². The van der Waals surface area contributed by atoms with Crippen molar-refractivity contribution in [3.63, 3.8) is 0 Å². The van der Waals surface area contributed by atoms with Crippen LogP contribution in [-0.2, 0) is 4.74 Å². The van der Waals surface area contributed by atoms with Gasteiger partial charge < -0.3 is 19.8 Å². The molecule has 1 aliphatic heterocycles. The van der Waals surface area contributed by atoms with Crippen molar-refractivity contribution in [3.8, 4) is 0 Å². The van der Waals surface area contributed by atoms with E-state index in [1.165, 1.54) is 0 Å². The Balaban J connectivity index is 1.79. The summed E-state index contributed by atoms with van der Waals surface area (Å²) < 4.78 is 10.3. The standard InChI is InChI=1S/C10H13ClN2O3/c11-9-2-1-8(16-9)10(14)13-5-7-6-15-4-3-12-7/h1-2,7,12H,3-6H2,(H,13,14). The molecule has 0 radical (unpaired) electrons. The molecule has 1 fully saturated rings. The van der Waals surface area contributed by atoms with E-state index in [-0.39, 0.29) is 22.9 Å². The molecule has 0 saturated carbocycles. The SMILES string of the molecule is O=C(NCC1COCCN1)c1ccc(Cl)o1. The summed E-state index contributed by atoms with van der Waals surface area (Å²) in [6.45, 7) is 2.65. The molecule has 88 valence electrons. The maximum atomic E-state index is 11.6. The Hall–Kier alpha value is -1.04. The van der Waals surface area contributed by atoms with E-state index in [0.717, 1.165) is 13.2 Å². The third kappa shape index (κ3) is 2.98. The molecule has 2 heterocycles. The molecule has 5 nitrogen and oxygen atoms in total. The highest BCUT2D eigenvalue weighted by Gasteiger charge is 2.15. The molecule has 2 rings (SSSR count). The number of furan rings is 1. The minimum Gasteiger partial charge on any atom is -0.440 e. The van der Waals surface area contributed by atoms with Crippen LogP contribution in [0.4, 0.5) is 0 Å². The molecule has 1 atom stereocenters. The number of amides is 1. The van der Waals surface area contributed by atoms with E-state index in [2.05, 4.69) is 10.6 Å². The first kappa shape index (κ1) is 11.4. The summed E-state index contributed by atoms with van der Waals surface area (Å²) in [5.41, 5.74) is 0. The third-order valence-electron chi connectivity index (χ3n) is 2.30. The number of nitrogens with one attached hydrogen (secondary N) is 2. The van der Waals surface area contributed by atoms with Gasteiger partial charge in [-0.05, 0) is 23.7 Å². The molecule has 0 aliphatic carbocycles. The lowest BCUT2D eigenvalue weighted by Gasteiger charge is -2.23. The van der Waals surface area contributed by atoms with Gasteiger partial charge in [0.15, 0.2) is 11.0 Å². The van der Waals surface area contributed by atoms with Gasteiger partial charge in [-0.25, -0.2) is 0 Å². The number of carbonyl (C=O) groups excluding carboxylic acids is 1. The van der Waals surface area contributed by atoms with Crippen LogP contribution in [0, 0.1) is 0 Å². The van der Waals surface area contributed by atoms with E-state index < -0.39 is 0 Å². The van der Waals surface area contributed by atoms with Crippen molar-refractivity contribution in [1.82, 2.24) is 10.6 Å². The first-order valence-corrected chi connectivity index (χ1v) is 5.48. The van der Waals surface area contributed by atoms with Gasteiger partial charge in [-0.15, -0.1) is 0 Å². The van der Waals surface area contributed by atoms with E-state index in [1.807, 2.05) is 0 Å². The molecule has 1 saturated heterocycles. The lowest BCUT2D eigenvalue weighted by molar-refractivity contribution is 0.0728. The number of halogens is 1. The van der Waals surface area contributed by atoms with Crippen LogP contribution >= 0.6 is 11.6 Å². The van der Waals surface area contributed by atoms with Crippen LogP contribution in [0.3, 0.4) is 0 Å². The van der Waals surface area contributed by atoms with E-state index in [0.29, 0.717) is 13.2 Å². The lowest BCUT2D eigenvalue weighted by Crippen LogP contribution is -2.48. The van der Waals surface area contributed by atoms with Crippen molar-refractivity contribution < 1.29 is 13.9 Å². The van der Waals surface area contributed by atoms with Crippen molar-refractivity contribution in [2.24, 2.45) is 0 Å². The smallest absolute Gasteiger partial charge is 0.287 e. The second-order valence-electron chi connectivity index (χ2n) is 3.54. The number of morpholine rings is 1. The van der Waals surface area contributed by atoms with Gasteiger partial charge in [0.25, 0.3) is 5.91 Å². The van der Waals surface area contributed by atoms with Crippen LogP contribution in [0.25, 0.3) is 0 Å². The summed E-state index contributed by atoms with van der Waals surface area (Å²) in [5.74, 6) is -0.0407. The predicted molar refractivity (Wildman–Crippen MR) is 58.7 cm³/mol. The van der Waals surface area contributed by atoms with Crippen LogP contribution in [0.2, 0.25) is 5.22 Å². The molecular weight excluding hydrogens is 232 g/mol. The van der Waals surface area contributed by atoms with Crippen LogP contribution in [0.15, 0.2) is 16.5 Å². The Kier molecular flexibility index (Phi) is 3.82. The average molecular weight is 245 g/mol. The quantitative estimate of drug-likeness (QED) is 0.820. The van der Waals surface area contributed by atoms with Crippen LogP contribution in [-0.4, -0.2) is 38.3 Å². The Morgan fingerprint density at radius 2 is 2.50 bits per heavy atom. The summed E-state index contributed by atoms with van der Waals surface area (Å²) in [4.78, 5) is 11.6. The lowest BCUT2D eigenvalue weighted by atomic mass is 10.2. The topological polar surface area (TPSA) is 63.5 Å². The minimum absolute atomic E-state index is 0.156. The molecule has 0 spiro atoms. The molecule has 1 unspecified atom stereocenters. The van der Waals surface area contributed by atoms with Gasteiger partial charge in [-0.2, -0.15) is 0 Å². The highest BCUT2D eigenvalue weighted by atomic mass is 35.5. The number of ether oxygens (including phenoxy) is 1. The Morgan fingerprint density at radius 1 is 1.62 bits per heavy atom. The number of rotatable bonds is 3. The summed E-state index contributed by atoms with van der Waals surface area (Å²) in [7, 11) is 0. The van der Waals surface area contributed by atoms with E-state index in [9.17, 15) is 4.79 Å².